The van der Waals surface area contributed by atoms with Gasteiger partial charge in [0.15, 0.2) is 0 Å². The summed E-state index contributed by atoms with van der Waals surface area (Å²) in [7, 11) is 1.85. The number of benzene rings is 2. The van der Waals surface area contributed by atoms with Crippen LogP contribution in [0, 0.1) is 5.92 Å². The molecule has 1 atom stereocenters. The normalized spacial score (nSPS) is 16.3. The summed E-state index contributed by atoms with van der Waals surface area (Å²) >= 11 is 0. The van der Waals surface area contributed by atoms with Gasteiger partial charge in [-0.1, -0.05) is 48.5 Å². The summed E-state index contributed by atoms with van der Waals surface area (Å²) in [4.78, 5) is 12.7. The van der Waals surface area contributed by atoms with Crippen molar-refractivity contribution in [3.8, 4) is 0 Å². The molecule has 2 heterocycles. The fourth-order valence-corrected chi connectivity index (χ4v) is 4.35. The maximum atomic E-state index is 12.7. The SMILES string of the molecule is Cn1c(=O)c(CNCC(c2ccccc2)C2CCOCC2)cc2ccccc21. The molecule has 3 aromatic rings. The highest BCUT2D eigenvalue weighted by atomic mass is 16.5. The quantitative estimate of drug-likeness (QED) is 0.711. The molecule has 1 aromatic heterocycles. The first-order valence-corrected chi connectivity index (χ1v) is 10.1. The van der Waals surface area contributed by atoms with Crippen molar-refractivity contribution in [3.05, 3.63) is 82.1 Å². The van der Waals surface area contributed by atoms with E-state index >= 15 is 0 Å². The first kappa shape index (κ1) is 18.9. The van der Waals surface area contributed by atoms with Crippen LogP contribution in [0.15, 0.2) is 65.5 Å². The number of nitrogens with zero attached hydrogens (tertiary/aromatic N) is 1. The van der Waals surface area contributed by atoms with Gasteiger partial charge in [0.25, 0.3) is 5.56 Å². The summed E-state index contributed by atoms with van der Waals surface area (Å²) in [5.74, 6) is 1.05. The lowest BCUT2D eigenvalue weighted by atomic mass is 9.81. The number of para-hydroxylation sites is 1. The van der Waals surface area contributed by atoms with Gasteiger partial charge in [0.1, 0.15) is 0 Å². The van der Waals surface area contributed by atoms with Crippen LogP contribution in [0.3, 0.4) is 0 Å². The van der Waals surface area contributed by atoms with Crippen molar-refractivity contribution in [1.29, 1.82) is 0 Å². The Balaban J connectivity index is 1.51. The molecule has 0 saturated carbocycles. The largest absolute Gasteiger partial charge is 0.381 e. The summed E-state index contributed by atoms with van der Waals surface area (Å²) in [6.07, 6.45) is 2.19. The molecule has 0 radical (unpaired) electrons. The molecule has 1 aliphatic rings. The number of rotatable bonds is 6. The average Bonchev–Trinajstić information content (AvgIpc) is 2.76. The van der Waals surface area contributed by atoms with Gasteiger partial charge in [0, 0.05) is 38.9 Å². The van der Waals surface area contributed by atoms with E-state index in [9.17, 15) is 4.79 Å². The molecule has 1 N–H and O–H groups in total. The van der Waals surface area contributed by atoms with Gasteiger partial charge in [0.2, 0.25) is 0 Å². The monoisotopic (exact) mass is 376 g/mol. The number of aromatic nitrogens is 1. The number of hydrogen-bond donors (Lipinski definition) is 1. The third kappa shape index (κ3) is 4.03. The Bertz CT molecular complexity index is 975. The fourth-order valence-electron chi connectivity index (χ4n) is 4.35. The molecule has 1 saturated heterocycles. The van der Waals surface area contributed by atoms with Crippen molar-refractivity contribution in [2.24, 2.45) is 13.0 Å². The molecule has 0 bridgehead atoms. The first-order chi connectivity index (χ1) is 13.7. The Hall–Kier alpha value is -2.43. The van der Waals surface area contributed by atoms with E-state index in [1.807, 2.05) is 31.3 Å². The van der Waals surface area contributed by atoms with Gasteiger partial charge in [-0.15, -0.1) is 0 Å². The molecule has 4 rings (SSSR count). The molecule has 1 fully saturated rings. The number of hydrogen-bond acceptors (Lipinski definition) is 3. The predicted octanol–water partition coefficient (Wildman–Crippen LogP) is 3.84. The zero-order chi connectivity index (χ0) is 19.3. The number of nitrogens with one attached hydrogen (secondary N) is 1. The van der Waals surface area contributed by atoms with E-state index in [1.165, 1.54) is 5.56 Å². The molecule has 0 spiro atoms. The van der Waals surface area contributed by atoms with E-state index < -0.39 is 0 Å². The van der Waals surface area contributed by atoms with Crippen LogP contribution in [0.5, 0.6) is 0 Å². The molecule has 4 nitrogen and oxygen atoms in total. The smallest absolute Gasteiger partial charge is 0.255 e. The van der Waals surface area contributed by atoms with E-state index in [4.69, 9.17) is 4.74 Å². The third-order valence-corrected chi connectivity index (χ3v) is 5.95. The average molecular weight is 377 g/mol. The number of ether oxygens (including phenoxy) is 1. The van der Waals surface area contributed by atoms with Crippen LogP contribution in [0.2, 0.25) is 0 Å². The minimum atomic E-state index is 0.0773. The van der Waals surface area contributed by atoms with Crippen molar-refractivity contribution in [3.63, 3.8) is 0 Å². The van der Waals surface area contributed by atoms with Gasteiger partial charge in [-0.25, -0.2) is 0 Å². The van der Waals surface area contributed by atoms with E-state index in [1.54, 1.807) is 4.57 Å². The highest BCUT2D eigenvalue weighted by molar-refractivity contribution is 5.79. The van der Waals surface area contributed by atoms with Crippen LogP contribution in [-0.2, 0) is 18.3 Å². The minimum Gasteiger partial charge on any atom is -0.381 e. The third-order valence-electron chi connectivity index (χ3n) is 5.95. The zero-order valence-electron chi connectivity index (χ0n) is 16.4. The molecular formula is C24H28N2O2. The topological polar surface area (TPSA) is 43.3 Å². The standard InChI is InChI=1S/C24H28N2O2/c1-26-23-10-6-5-9-20(23)15-21(24(26)27)16-25-17-22(18-7-3-2-4-8-18)19-11-13-28-14-12-19/h2-10,15,19,22,25H,11-14,16-17H2,1H3. The van der Waals surface area contributed by atoms with Crippen LogP contribution in [0.25, 0.3) is 10.9 Å². The van der Waals surface area contributed by atoms with Crippen LogP contribution < -0.4 is 10.9 Å². The summed E-state index contributed by atoms with van der Waals surface area (Å²) in [5.41, 5.74) is 3.24. The van der Waals surface area contributed by atoms with Gasteiger partial charge < -0.3 is 14.6 Å². The second-order valence-electron chi connectivity index (χ2n) is 7.69. The van der Waals surface area contributed by atoms with Crippen molar-refractivity contribution in [2.45, 2.75) is 25.3 Å². The molecule has 1 unspecified atom stereocenters. The van der Waals surface area contributed by atoms with Gasteiger partial charge in [0.05, 0.1) is 5.52 Å². The molecule has 4 heteroatoms. The highest BCUT2D eigenvalue weighted by Gasteiger charge is 2.25. The summed E-state index contributed by atoms with van der Waals surface area (Å²) in [6, 6.07) is 20.8. The van der Waals surface area contributed by atoms with Gasteiger partial charge in [-0.3, -0.25) is 4.79 Å². The molecular weight excluding hydrogens is 348 g/mol. The summed E-state index contributed by atoms with van der Waals surface area (Å²) in [5, 5.41) is 4.68. The fraction of sp³-hybridized carbons (Fsp3) is 0.375. The Kier molecular flexibility index (Phi) is 5.89. The second-order valence-corrected chi connectivity index (χ2v) is 7.69. The Morgan fingerprint density at radius 1 is 1.07 bits per heavy atom. The van der Waals surface area contributed by atoms with Gasteiger partial charge in [-0.2, -0.15) is 0 Å². The Labute approximate surface area is 166 Å². The van der Waals surface area contributed by atoms with Crippen LogP contribution in [-0.4, -0.2) is 24.3 Å². The van der Waals surface area contributed by atoms with E-state index in [0.29, 0.717) is 18.4 Å². The summed E-state index contributed by atoms with van der Waals surface area (Å²) < 4.78 is 7.31. The molecule has 28 heavy (non-hydrogen) atoms. The van der Waals surface area contributed by atoms with Crippen molar-refractivity contribution in [2.75, 3.05) is 19.8 Å². The first-order valence-electron chi connectivity index (χ1n) is 10.1. The summed E-state index contributed by atoms with van der Waals surface area (Å²) in [6.45, 7) is 3.15. The predicted molar refractivity (Wildman–Crippen MR) is 114 cm³/mol. The van der Waals surface area contributed by atoms with E-state index in [-0.39, 0.29) is 5.56 Å². The van der Waals surface area contributed by atoms with E-state index in [2.05, 4.69) is 41.7 Å². The molecule has 0 aliphatic carbocycles. The second kappa shape index (κ2) is 8.72. The van der Waals surface area contributed by atoms with E-state index in [0.717, 1.165) is 49.1 Å². The van der Waals surface area contributed by atoms with Crippen LogP contribution >= 0.6 is 0 Å². The van der Waals surface area contributed by atoms with Crippen LogP contribution in [0.4, 0.5) is 0 Å². The molecule has 2 aromatic carbocycles. The molecule has 0 amide bonds. The number of fused-ring (bicyclic) bond motifs is 1. The maximum absolute atomic E-state index is 12.7. The Morgan fingerprint density at radius 2 is 1.79 bits per heavy atom. The van der Waals surface area contributed by atoms with Crippen molar-refractivity contribution in [1.82, 2.24) is 9.88 Å². The van der Waals surface area contributed by atoms with Crippen molar-refractivity contribution < 1.29 is 4.74 Å². The Morgan fingerprint density at radius 3 is 2.57 bits per heavy atom. The number of aryl methyl sites for hydroxylation is 1. The number of pyridine rings is 1. The van der Waals surface area contributed by atoms with Gasteiger partial charge in [-0.05, 0) is 47.8 Å². The lowest BCUT2D eigenvalue weighted by Crippen LogP contribution is -2.32. The van der Waals surface area contributed by atoms with Crippen LogP contribution in [0.1, 0.15) is 29.9 Å². The minimum absolute atomic E-state index is 0.0773. The molecule has 1 aliphatic heterocycles. The zero-order valence-corrected chi connectivity index (χ0v) is 16.4. The lowest BCUT2D eigenvalue weighted by molar-refractivity contribution is 0.0576. The lowest BCUT2D eigenvalue weighted by Gasteiger charge is -2.31. The maximum Gasteiger partial charge on any atom is 0.255 e. The highest BCUT2D eigenvalue weighted by Crippen LogP contribution is 2.31. The van der Waals surface area contributed by atoms with Crippen molar-refractivity contribution >= 4 is 10.9 Å². The van der Waals surface area contributed by atoms with Gasteiger partial charge >= 0.3 is 0 Å². The molecule has 146 valence electrons.